The summed E-state index contributed by atoms with van der Waals surface area (Å²) in [4.78, 5) is 26.3. The van der Waals surface area contributed by atoms with Crippen LogP contribution < -0.4 is 9.80 Å². The topological polar surface area (TPSA) is 84.3 Å². The molecule has 0 spiro atoms. The lowest BCUT2D eigenvalue weighted by Gasteiger charge is -2.51. The predicted molar refractivity (Wildman–Crippen MR) is 111 cm³/mol. The highest BCUT2D eigenvalue weighted by molar-refractivity contribution is 7.09. The summed E-state index contributed by atoms with van der Waals surface area (Å²) < 4.78 is 37.3. The number of halogens is 2. The molecule has 0 aliphatic carbocycles. The molecular formula is C20H18F2N6O2S. The van der Waals surface area contributed by atoms with Crippen LogP contribution in [0.1, 0.15) is 13.3 Å². The molecule has 1 atom stereocenters. The van der Waals surface area contributed by atoms with Crippen LogP contribution in [0.3, 0.4) is 0 Å². The van der Waals surface area contributed by atoms with Gasteiger partial charge in [-0.15, -0.1) is 5.10 Å². The van der Waals surface area contributed by atoms with Crippen LogP contribution in [0.25, 0.3) is 22.0 Å². The van der Waals surface area contributed by atoms with Gasteiger partial charge in [0.15, 0.2) is 11.6 Å². The number of hydrogen-bond donors (Lipinski definition) is 0. The number of nitrogens with zero attached hydrogens (tertiary/aromatic N) is 6. The highest BCUT2D eigenvalue weighted by atomic mass is 32.1. The molecule has 4 heterocycles. The van der Waals surface area contributed by atoms with E-state index in [4.69, 9.17) is 9.72 Å². The van der Waals surface area contributed by atoms with E-state index >= 15 is 0 Å². The third-order valence-corrected chi connectivity index (χ3v) is 6.57. The Balaban J connectivity index is 1.64. The summed E-state index contributed by atoms with van der Waals surface area (Å²) in [5.74, 6) is -0.558. The number of likely N-dealkylation sites (N-methyl/N-ethyl adjacent to an activating group) is 1. The van der Waals surface area contributed by atoms with Crippen LogP contribution in [0, 0.1) is 11.6 Å². The fourth-order valence-corrected chi connectivity index (χ4v) is 4.77. The number of aromatic nitrogens is 4. The zero-order valence-corrected chi connectivity index (χ0v) is 17.6. The van der Waals surface area contributed by atoms with E-state index in [1.165, 1.54) is 12.1 Å². The Morgan fingerprint density at radius 2 is 2.16 bits per heavy atom. The number of fused-ring (bicyclic) bond motifs is 3. The summed E-state index contributed by atoms with van der Waals surface area (Å²) in [5.41, 5.74) is 0.120. The molecule has 2 aliphatic heterocycles. The summed E-state index contributed by atoms with van der Waals surface area (Å²) in [6.45, 7) is 3.21. The van der Waals surface area contributed by atoms with Crippen molar-refractivity contribution in [2.24, 2.45) is 0 Å². The second-order valence-corrected chi connectivity index (χ2v) is 8.18. The average molecular weight is 444 g/mol. The summed E-state index contributed by atoms with van der Waals surface area (Å²) in [6, 6.07) is 3.29. The van der Waals surface area contributed by atoms with E-state index in [2.05, 4.69) is 14.6 Å². The third kappa shape index (κ3) is 2.91. The summed E-state index contributed by atoms with van der Waals surface area (Å²) in [6.07, 6.45) is 2.14. The first-order valence-electron chi connectivity index (χ1n) is 9.75. The molecule has 0 bridgehead atoms. The molecule has 1 aromatic carbocycles. The van der Waals surface area contributed by atoms with Crippen molar-refractivity contribution in [2.45, 2.75) is 18.9 Å². The van der Waals surface area contributed by atoms with Gasteiger partial charge < -0.3 is 14.5 Å². The molecule has 0 radical (unpaired) electrons. The molecule has 1 unspecified atom stereocenters. The number of amides is 1. The maximum Gasteiger partial charge on any atom is 0.255 e. The average Bonchev–Trinajstić information content (AvgIpc) is 3.26. The van der Waals surface area contributed by atoms with Crippen LogP contribution in [0.4, 0.5) is 20.3 Å². The first-order valence-corrected chi connectivity index (χ1v) is 10.5. The maximum absolute atomic E-state index is 14.4. The quantitative estimate of drug-likeness (QED) is 0.614. The van der Waals surface area contributed by atoms with Crippen molar-refractivity contribution in [2.75, 3.05) is 36.6 Å². The van der Waals surface area contributed by atoms with Gasteiger partial charge in [-0.3, -0.25) is 4.79 Å². The molecule has 0 saturated carbocycles. The van der Waals surface area contributed by atoms with Crippen LogP contribution in [0.5, 0.6) is 0 Å². The van der Waals surface area contributed by atoms with E-state index in [0.717, 1.165) is 17.6 Å². The van der Waals surface area contributed by atoms with Gasteiger partial charge in [-0.25, -0.2) is 18.7 Å². The van der Waals surface area contributed by atoms with Gasteiger partial charge in [0, 0.05) is 25.2 Å². The smallest absolute Gasteiger partial charge is 0.255 e. The first kappa shape index (κ1) is 19.9. The van der Waals surface area contributed by atoms with Crippen molar-refractivity contribution in [1.29, 1.82) is 0 Å². The van der Waals surface area contributed by atoms with Crippen molar-refractivity contribution in [3.05, 3.63) is 36.0 Å². The predicted octanol–water partition coefficient (Wildman–Crippen LogP) is 2.90. The molecule has 1 amide bonds. The Hall–Kier alpha value is -3.05. The maximum atomic E-state index is 14.4. The standard InChI is InChI=1S/C20H18F2N6O2S/c1-3-20-10-30-7-6-28(20)18-14(27(2)19(20)29)9-23-17(24-18)16-15(25-26-31-16)12-5-4-11(21)8-13(12)22/h4-5,8-9H,3,6-7,10H2,1-2H3. The van der Waals surface area contributed by atoms with Crippen LogP contribution in [-0.4, -0.2) is 57.8 Å². The van der Waals surface area contributed by atoms with E-state index in [1.54, 1.807) is 18.1 Å². The SMILES string of the molecule is CCC12COCCN1c1nc(-c3snnc3-c3ccc(F)cc3F)ncc1N(C)C2=O. The Bertz CT molecular complexity index is 1190. The zero-order valence-electron chi connectivity index (χ0n) is 16.8. The molecule has 1 fully saturated rings. The van der Waals surface area contributed by atoms with E-state index < -0.39 is 17.2 Å². The third-order valence-electron chi connectivity index (χ3n) is 5.85. The van der Waals surface area contributed by atoms with E-state index in [1.807, 2.05) is 11.8 Å². The van der Waals surface area contributed by atoms with Gasteiger partial charge in [-0.1, -0.05) is 11.4 Å². The fourth-order valence-electron chi connectivity index (χ4n) is 4.15. The van der Waals surface area contributed by atoms with Crippen LogP contribution in [0.15, 0.2) is 24.4 Å². The van der Waals surface area contributed by atoms with Crippen LogP contribution in [0.2, 0.25) is 0 Å². The lowest BCUT2D eigenvalue weighted by atomic mass is 9.89. The van der Waals surface area contributed by atoms with Gasteiger partial charge in [0.2, 0.25) is 0 Å². The molecule has 160 valence electrons. The van der Waals surface area contributed by atoms with Crippen molar-refractivity contribution in [1.82, 2.24) is 19.6 Å². The van der Waals surface area contributed by atoms with E-state index in [-0.39, 0.29) is 23.8 Å². The van der Waals surface area contributed by atoms with Gasteiger partial charge in [0.05, 0.1) is 19.4 Å². The highest BCUT2D eigenvalue weighted by Gasteiger charge is 2.52. The van der Waals surface area contributed by atoms with Crippen molar-refractivity contribution in [3.63, 3.8) is 0 Å². The lowest BCUT2D eigenvalue weighted by Crippen LogP contribution is -2.68. The van der Waals surface area contributed by atoms with Gasteiger partial charge in [0.1, 0.15) is 33.4 Å². The number of rotatable bonds is 3. The second kappa shape index (κ2) is 7.27. The largest absolute Gasteiger partial charge is 0.377 e. The molecule has 0 N–H and O–H groups in total. The minimum atomic E-state index is -0.830. The van der Waals surface area contributed by atoms with Crippen molar-refractivity contribution >= 4 is 28.9 Å². The van der Waals surface area contributed by atoms with Crippen LogP contribution >= 0.6 is 11.5 Å². The van der Waals surface area contributed by atoms with Gasteiger partial charge in [-0.2, -0.15) is 0 Å². The molecule has 11 heteroatoms. The van der Waals surface area contributed by atoms with Crippen molar-refractivity contribution in [3.8, 4) is 22.0 Å². The van der Waals surface area contributed by atoms with E-state index in [9.17, 15) is 13.6 Å². The Morgan fingerprint density at radius 3 is 2.94 bits per heavy atom. The van der Waals surface area contributed by atoms with Crippen molar-refractivity contribution < 1.29 is 18.3 Å². The molecule has 2 aromatic heterocycles. The number of ether oxygens (including phenoxy) is 1. The monoisotopic (exact) mass is 444 g/mol. The van der Waals surface area contributed by atoms with Gasteiger partial charge >= 0.3 is 0 Å². The fraction of sp³-hybridized carbons (Fsp3) is 0.350. The zero-order chi connectivity index (χ0) is 21.8. The molecule has 31 heavy (non-hydrogen) atoms. The number of carbonyl (C=O) groups is 1. The minimum absolute atomic E-state index is 0.0629. The minimum Gasteiger partial charge on any atom is -0.377 e. The van der Waals surface area contributed by atoms with E-state index in [0.29, 0.717) is 41.8 Å². The molecule has 3 aromatic rings. The van der Waals surface area contributed by atoms with Crippen LogP contribution in [-0.2, 0) is 9.53 Å². The molecule has 1 saturated heterocycles. The Labute approximate surface area is 180 Å². The lowest BCUT2D eigenvalue weighted by molar-refractivity contribution is -0.128. The molecule has 5 rings (SSSR count). The summed E-state index contributed by atoms with van der Waals surface area (Å²) in [7, 11) is 1.70. The number of morpholine rings is 1. The second-order valence-electron chi connectivity index (χ2n) is 7.43. The number of benzene rings is 1. The first-order chi connectivity index (χ1) is 15.0. The number of anilines is 2. The van der Waals surface area contributed by atoms with Gasteiger partial charge in [-0.05, 0) is 30.1 Å². The number of hydrogen-bond acceptors (Lipinski definition) is 8. The number of carbonyl (C=O) groups excluding carboxylic acids is 1. The Morgan fingerprint density at radius 1 is 1.32 bits per heavy atom. The summed E-state index contributed by atoms with van der Waals surface area (Å²) in [5, 5.41) is 4.03. The molecule has 8 nitrogen and oxygen atoms in total. The summed E-state index contributed by atoms with van der Waals surface area (Å²) >= 11 is 1.03. The molecular weight excluding hydrogens is 426 g/mol. The Kier molecular flexibility index (Phi) is 4.67. The highest BCUT2D eigenvalue weighted by Crippen LogP contribution is 2.43. The molecule has 2 aliphatic rings. The normalized spacial score (nSPS) is 20.6. The van der Waals surface area contributed by atoms with Gasteiger partial charge in [0.25, 0.3) is 5.91 Å².